The van der Waals surface area contributed by atoms with Crippen molar-refractivity contribution >= 4 is 5.91 Å². The SMILES string of the molecule is CC(C)NC(=O)C[C@@H]1CC2(CCN(Cc3ccoc3)CC2)c2ccccc21. The summed E-state index contributed by atoms with van der Waals surface area (Å²) in [6.45, 7) is 7.22. The summed E-state index contributed by atoms with van der Waals surface area (Å²) in [5, 5.41) is 3.07. The summed E-state index contributed by atoms with van der Waals surface area (Å²) in [4.78, 5) is 14.9. The monoisotopic (exact) mass is 366 g/mol. The van der Waals surface area contributed by atoms with Crippen molar-refractivity contribution in [2.24, 2.45) is 0 Å². The van der Waals surface area contributed by atoms with Crippen LogP contribution in [0.2, 0.25) is 0 Å². The number of furan rings is 1. The van der Waals surface area contributed by atoms with Crippen LogP contribution in [0.4, 0.5) is 0 Å². The van der Waals surface area contributed by atoms with Crippen LogP contribution in [0.15, 0.2) is 47.3 Å². The van der Waals surface area contributed by atoms with Crippen LogP contribution in [0.25, 0.3) is 0 Å². The molecule has 2 aromatic rings. The second-order valence-electron chi connectivity index (χ2n) is 8.60. The van der Waals surface area contributed by atoms with E-state index in [1.807, 2.05) is 20.1 Å². The van der Waals surface area contributed by atoms with Gasteiger partial charge in [0.05, 0.1) is 12.5 Å². The molecule has 144 valence electrons. The number of rotatable bonds is 5. The molecule has 0 bridgehead atoms. The average molecular weight is 367 g/mol. The predicted molar refractivity (Wildman–Crippen MR) is 107 cm³/mol. The Bertz CT molecular complexity index is 773. The largest absolute Gasteiger partial charge is 0.472 e. The third-order valence-electron chi connectivity index (χ3n) is 6.29. The lowest BCUT2D eigenvalue weighted by atomic mass is 9.73. The number of piperidine rings is 1. The van der Waals surface area contributed by atoms with Crippen molar-refractivity contribution in [2.45, 2.75) is 63.5 Å². The number of carbonyl (C=O) groups is 1. The van der Waals surface area contributed by atoms with Gasteiger partial charge in [-0.25, -0.2) is 0 Å². The fraction of sp³-hybridized carbons (Fsp3) is 0.522. The minimum absolute atomic E-state index is 0.180. The van der Waals surface area contributed by atoms with Gasteiger partial charge in [0.15, 0.2) is 0 Å². The number of likely N-dealkylation sites (tertiary alicyclic amines) is 1. The Morgan fingerprint density at radius 1 is 1.26 bits per heavy atom. The van der Waals surface area contributed by atoms with E-state index in [2.05, 4.69) is 40.5 Å². The number of hydrogen-bond acceptors (Lipinski definition) is 3. The normalized spacial score (nSPS) is 21.5. The van der Waals surface area contributed by atoms with Gasteiger partial charge in [0.2, 0.25) is 5.91 Å². The predicted octanol–water partition coefficient (Wildman–Crippen LogP) is 4.22. The molecule has 27 heavy (non-hydrogen) atoms. The molecule has 4 heteroatoms. The van der Waals surface area contributed by atoms with Crippen molar-refractivity contribution in [3.05, 3.63) is 59.5 Å². The molecule has 1 atom stereocenters. The summed E-state index contributed by atoms with van der Waals surface area (Å²) in [6.07, 6.45) is 7.65. The summed E-state index contributed by atoms with van der Waals surface area (Å²) in [7, 11) is 0. The first-order valence-electron chi connectivity index (χ1n) is 10.2. The molecule has 1 fully saturated rings. The fourth-order valence-corrected chi connectivity index (χ4v) is 5.07. The maximum Gasteiger partial charge on any atom is 0.220 e. The minimum Gasteiger partial charge on any atom is -0.472 e. The third kappa shape index (κ3) is 3.81. The van der Waals surface area contributed by atoms with Gasteiger partial charge in [0, 0.05) is 24.6 Å². The first-order chi connectivity index (χ1) is 13.1. The summed E-state index contributed by atoms with van der Waals surface area (Å²) in [5.74, 6) is 0.527. The second-order valence-corrected chi connectivity index (χ2v) is 8.60. The molecule has 1 amide bonds. The average Bonchev–Trinajstić information content (AvgIpc) is 3.24. The standard InChI is InChI=1S/C23H30N2O2/c1-17(2)24-22(26)13-19-14-23(21-6-4-3-5-20(19)21)8-10-25(11-9-23)15-18-7-12-27-16-18/h3-7,12,16-17,19H,8-11,13-15H2,1-2H3,(H,24,26)/t19-/m1/s1. The molecule has 4 rings (SSSR count). The second kappa shape index (κ2) is 7.51. The Balaban J connectivity index is 1.46. The summed E-state index contributed by atoms with van der Waals surface area (Å²) in [5.41, 5.74) is 4.39. The van der Waals surface area contributed by atoms with Gasteiger partial charge in [-0.2, -0.15) is 0 Å². The maximum atomic E-state index is 12.4. The number of fused-ring (bicyclic) bond motifs is 2. The highest BCUT2D eigenvalue weighted by Crippen LogP contribution is 2.52. The third-order valence-corrected chi connectivity index (χ3v) is 6.29. The molecule has 4 nitrogen and oxygen atoms in total. The molecule has 1 aliphatic heterocycles. The van der Waals surface area contributed by atoms with Crippen LogP contribution >= 0.6 is 0 Å². The highest BCUT2D eigenvalue weighted by atomic mass is 16.3. The van der Waals surface area contributed by atoms with Crippen molar-refractivity contribution in [3.8, 4) is 0 Å². The van der Waals surface area contributed by atoms with Gasteiger partial charge in [0.25, 0.3) is 0 Å². The summed E-state index contributed by atoms with van der Waals surface area (Å²) < 4.78 is 5.21. The fourth-order valence-electron chi connectivity index (χ4n) is 5.07. The molecule has 1 saturated heterocycles. The molecule has 2 aliphatic rings. The van der Waals surface area contributed by atoms with Crippen molar-refractivity contribution in [3.63, 3.8) is 0 Å². The molecule has 0 saturated carbocycles. The first-order valence-corrected chi connectivity index (χ1v) is 10.2. The van der Waals surface area contributed by atoms with E-state index in [0.29, 0.717) is 12.3 Å². The molecule has 0 radical (unpaired) electrons. The lowest BCUT2D eigenvalue weighted by Gasteiger charge is -2.40. The Morgan fingerprint density at radius 2 is 2.04 bits per heavy atom. The zero-order valence-electron chi connectivity index (χ0n) is 16.4. The number of carbonyl (C=O) groups excluding carboxylic acids is 1. The number of hydrogen-bond donors (Lipinski definition) is 1. The lowest BCUT2D eigenvalue weighted by molar-refractivity contribution is -0.122. The van der Waals surface area contributed by atoms with Crippen LogP contribution in [0.5, 0.6) is 0 Å². The van der Waals surface area contributed by atoms with E-state index < -0.39 is 0 Å². The van der Waals surface area contributed by atoms with Crippen LogP contribution < -0.4 is 5.32 Å². The van der Waals surface area contributed by atoms with Crippen molar-refractivity contribution in [2.75, 3.05) is 13.1 Å². The molecule has 1 aliphatic carbocycles. The van der Waals surface area contributed by atoms with E-state index in [1.165, 1.54) is 29.5 Å². The van der Waals surface area contributed by atoms with Crippen LogP contribution in [0.1, 0.15) is 62.1 Å². The number of amides is 1. The zero-order valence-corrected chi connectivity index (χ0v) is 16.4. The quantitative estimate of drug-likeness (QED) is 0.862. The van der Waals surface area contributed by atoms with Gasteiger partial charge in [-0.15, -0.1) is 0 Å². The van der Waals surface area contributed by atoms with Crippen LogP contribution in [-0.2, 0) is 16.8 Å². The highest BCUT2D eigenvalue weighted by molar-refractivity contribution is 5.77. The Morgan fingerprint density at radius 3 is 2.74 bits per heavy atom. The summed E-state index contributed by atoms with van der Waals surface area (Å²) >= 11 is 0. The minimum atomic E-state index is 0.180. The van der Waals surface area contributed by atoms with Crippen molar-refractivity contribution in [1.29, 1.82) is 0 Å². The molecular weight excluding hydrogens is 336 g/mol. The topological polar surface area (TPSA) is 45.5 Å². The van der Waals surface area contributed by atoms with Gasteiger partial charge in [-0.05, 0) is 74.7 Å². The van der Waals surface area contributed by atoms with Crippen LogP contribution in [0.3, 0.4) is 0 Å². The van der Waals surface area contributed by atoms with Crippen LogP contribution in [0, 0.1) is 0 Å². The van der Waals surface area contributed by atoms with Gasteiger partial charge in [-0.1, -0.05) is 24.3 Å². The van der Waals surface area contributed by atoms with Gasteiger partial charge < -0.3 is 9.73 Å². The summed E-state index contributed by atoms with van der Waals surface area (Å²) in [6, 6.07) is 11.1. The molecule has 1 aromatic carbocycles. The van der Waals surface area contributed by atoms with Gasteiger partial charge >= 0.3 is 0 Å². The first kappa shape index (κ1) is 18.3. The zero-order chi connectivity index (χ0) is 18.9. The van der Waals surface area contributed by atoms with Crippen molar-refractivity contribution in [1.82, 2.24) is 10.2 Å². The molecule has 1 aromatic heterocycles. The molecule has 1 spiro atoms. The van der Waals surface area contributed by atoms with E-state index in [9.17, 15) is 4.79 Å². The number of nitrogens with zero attached hydrogens (tertiary/aromatic N) is 1. The van der Waals surface area contributed by atoms with E-state index in [0.717, 1.165) is 26.1 Å². The Kier molecular flexibility index (Phi) is 5.09. The molecule has 0 unspecified atom stereocenters. The number of benzene rings is 1. The van der Waals surface area contributed by atoms with Crippen LogP contribution in [-0.4, -0.2) is 29.9 Å². The van der Waals surface area contributed by atoms with E-state index in [1.54, 1.807) is 6.26 Å². The van der Waals surface area contributed by atoms with Crippen molar-refractivity contribution < 1.29 is 9.21 Å². The molecule has 2 heterocycles. The Labute approximate surface area is 161 Å². The molecular formula is C23H30N2O2. The highest BCUT2D eigenvalue weighted by Gasteiger charge is 2.45. The molecule has 1 N–H and O–H groups in total. The lowest BCUT2D eigenvalue weighted by Crippen LogP contribution is -2.41. The Hall–Kier alpha value is -2.07. The van der Waals surface area contributed by atoms with E-state index in [-0.39, 0.29) is 17.4 Å². The smallest absolute Gasteiger partial charge is 0.220 e. The maximum absolute atomic E-state index is 12.4. The number of nitrogens with one attached hydrogen (secondary N) is 1. The van der Waals surface area contributed by atoms with E-state index in [4.69, 9.17) is 4.42 Å². The van der Waals surface area contributed by atoms with Gasteiger partial charge in [0.1, 0.15) is 0 Å². The van der Waals surface area contributed by atoms with Gasteiger partial charge in [-0.3, -0.25) is 9.69 Å². The van der Waals surface area contributed by atoms with E-state index >= 15 is 0 Å².